The topological polar surface area (TPSA) is 92.9 Å². The van der Waals surface area contributed by atoms with Gasteiger partial charge >= 0.3 is 12.1 Å². The molecule has 2 aliphatic heterocycles. The van der Waals surface area contributed by atoms with Crippen molar-refractivity contribution < 1.29 is 37.0 Å². The summed E-state index contributed by atoms with van der Waals surface area (Å²) in [6, 6.07) is 1.82. The smallest absolute Gasteiger partial charge is 0.475 e. The molecule has 0 aliphatic carbocycles. The molecular formula is C18H19F3N2O5S. The van der Waals surface area contributed by atoms with Gasteiger partial charge < -0.3 is 19.2 Å². The molecule has 2 aromatic rings. The number of carbonyl (C=O) groups is 2. The van der Waals surface area contributed by atoms with Crippen LogP contribution in [0.3, 0.4) is 0 Å². The number of rotatable bonds is 2. The molecule has 0 saturated carbocycles. The number of hydrogen-bond acceptors (Lipinski definition) is 6. The van der Waals surface area contributed by atoms with Crippen LogP contribution in [0.2, 0.25) is 0 Å². The maximum absolute atomic E-state index is 12.6. The third-order valence-corrected chi connectivity index (χ3v) is 5.63. The lowest BCUT2D eigenvalue weighted by molar-refractivity contribution is -0.192. The second-order valence-electron chi connectivity index (χ2n) is 6.87. The SMILES string of the molecule is Cc1cc(C(=O)N2C[C@@H]3C[C@@H](c4nccs4)O[C@@H]3C2)c(C)o1.O=C(O)C(F)(F)F. The minimum Gasteiger partial charge on any atom is -0.475 e. The predicted octanol–water partition coefficient (Wildman–Crippen LogP) is 3.59. The van der Waals surface area contributed by atoms with E-state index in [1.165, 1.54) is 0 Å². The fraction of sp³-hybridized carbons (Fsp3) is 0.500. The zero-order valence-corrected chi connectivity index (χ0v) is 16.4. The second-order valence-corrected chi connectivity index (χ2v) is 7.80. The predicted molar refractivity (Wildman–Crippen MR) is 95.6 cm³/mol. The Morgan fingerprint density at radius 2 is 2.00 bits per heavy atom. The minimum atomic E-state index is -5.08. The normalized spacial score (nSPS) is 23.5. The molecule has 29 heavy (non-hydrogen) atoms. The number of furan rings is 1. The summed E-state index contributed by atoms with van der Waals surface area (Å²) in [7, 11) is 0. The van der Waals surface area contributed by atoms with Gasteiger partial charge in [-0.25, -0.2) is 9.78 Å². The highest BCUT2D eigenvalue weighted by Crippen LogP contribution is 2.41. The Morgan fingerprint density at radius 3 is 2.48 bits per heavy atom. The Kier molecular flexibility index (Phi) is 5.99. The minimum absolute atomic E-state index is 0.0538. The monoisotopic (exact) mass is 432 g/mol. The average molecular weight is 432 g/mol. The Hall–Kier alpha value is -2.40. The highest BCUT2D eigenvalue weighted by atomic mass is 32.1. The Bertz CT molecular complexity index is 867. The highest BCUT2D eigenvalue weighted by Gasteiger charge is 2.45. The molecule has 4 rings (SSSR count). The Balaban J connectivity index is 0.000000298. The summed E-state index contributed by atoms with van der Waals surface area (Å²) in [5.74, 6) is -0.821. The van der Waals surface area contributed by atoms with E-state index in [1.807, 2.05) is 36.4 Å². The first-order valence-corrected chi connectivity index (χ1v) is 9.65. The lowest BCUT2D eigenvalue weighted by atomic mass is 10.0. The van der Waals surface area contributed by atoms with Crippen molar-refractivity contribution in [1.29, 1.82) is 0 Å². The number of carboxylic acids is 1. The van der Waals surface area contributed by atoms with Gasteiger partial charge in [0.15, 0.2) is 0 Å². The van der Waals surface area contributed by atoms with Gasteiger partial charge in [0, 0.05) is 30.6 Å². The van der Waals surface area contributed by atoms with E-state index in [-0.39, 0.29) is 18.1 Å². The first kappa shape index (κ1) is 21.3. The van der Waals surface area contributed by atoms with Crippen LogP contribution in [-0.4, -0.2) is 52.2 Å². The number of halogens is 3. The summed E-state index contributed by atoms with van der Waals surface area (Å²) >= 11 is 1.64. The van der Waals surface area contributed by atoms with E-state index in [0.29, 0.717) is 23.8 Å². The van der Waals surface area contributed by atoms with Crippen LogP contribution >= 0.6 is 11.3 Å². The van der Waals surface area contributed by atoms with Crippen LogP contribution in [0.1, 0.15) is 39.4 Å². The summed E-state index contributed by atoms with van der Waals surface area (Å²) in [6.45, 7) is 5.13. The number of ether oxygens (including phenoxy) is 1. The quantitative estimate of drug-likeness (QED) is 0.780. The lowest BCUT2D eigenvalue weighted by Gasteiger charge is -2.18. The van der Waals surface area contributed by atoms with Crippen molar-refractivity contribution in [3.8, 4) is 0 Å². The number of hydrogen-bond donors (Lipinski definition) is 1. The van der Waals surface area contributed by atoms with E-state index in [4.69, 9.17) is 19.1 Å². The molecule has 0 bridgehead atoms. The number of aryl methyl sites for hydroxylation is 2. The van der Waals surface area contributed by atoms with Crippen LogP contribution in [0.25, 0.3) is 0 Å². The van der Waals surface area contributed by atoms with E-state index in [1.54, 1.807) is 11.3 Å². The van der Waals surface area contributed by atoms with Crippen molar-refractivity contribution in [3.63, 3.8) is 0 Å². The van der Waals surface area contributed by atoms with Crippen LogP contribution in [0.15, 0.2) is 22.1 Å². The molecule has 0 radical (unpaired) electrons. The summed E-state index contributed by atoms with van der Waals surface area (Å²) < 4.78 is 43.3. The third-order valence-electron chi connectivity index (χ3n) is 4.76. The molecule has 4 heterocycles. The van der Waals surface area contributed by atoms with Crippen LogP contribution in [0.5, 0.6) is 0 Å². The third kappa shape index (κ3) is 4.78. The number of thiazole rings is 1. The van der Waals surface area contributed by atoms with Crippen molar-refractivity contribution in [2.75, 3.05) is 13.1 Å². The van der Waals surface area contributed by atoms with E-state index in [9.17, 15) is 18.0 Å². The molecule has 1 amide bonds. The molecule has 11 heteroatoms. The number of amides is 1. The summed E-state index contributed by atoms with van der Waals surface area (Å²) in [5.41, 5.74) is 0.675. The van der Waals surface area contributed by atoms with Gasteiger partial charge in [0.1, 0.15) is 22.6 Å². The van der Waals surface area contributed by atoms with Gasteiger partial charge in [-0.05, 0) is 26.3 Å². The first-order chi connectivity index (χ1) is 13.6. The average Bonchev–Trinajstić information content (AvgIpc) is 3.36. The number of nitrogens with zero attached hydrogens (tertiary/aromatic N) is 2. The molecule has 2 fully saturated rings. The van der Waals surface area contributed by atoms with Crippen molar-refractivity contribution in [2.24, 2.45) is 5.92 Å². The number of alkyl halides is 3. The molecule has 2 aliphatic rings. The Morgan fingerprint density at radius 1 is 1.31 bits per heavy atom. The van der Waals surface area contributed by atoms with Gasteiger partial charge in [-0.2, -0.15) is 13.2 Å². The molecular weight excluding hydrogens is 413 g/mol. The molecule has 158 valence electrons. The van der Waals surface area contributed by atoms with Crippen molar-refractivity contribution in [1.82, 2.24) is 9.88 Å². The fourth-order valence-electron chi connectivity index (χ4n) is 3.50. The maximum Gasteiger partial charge on any atom is 0.490 e. The van der Waals surface area contributed by atoms with Crippen LogP contribution in [0, 0.1) is 19.8 Å². The van der Waals surface area contributed by atoms with Gasteiger partial charge in [-0.15, -0.1) is 11.3 Å². The van der Waals surface area contributed by atoms with Crippen LogP contribution in [-0.2, 0) is 9.53 Å². The lowest BCUT2D eigenvalue weighted by Crippen LogP contribution is -2.30. The van der Waals surface area contributed by atoms with E-state index in [2.05, 4.69) is 4.98 Å². The number of aliphatic carboxylic acids is 1. The van der Waals surface area contributed by atoms with Gasteiger partial charge in [0.25, 0.3) is 5.91 Å². The number of fused-ring (bicyclic) bond motifs is 1. The number of aromatic nitrogens is 1. The molecule has 0 spiro atoms. The largest absolute Gasteiger partial charge is 0.490 e. The second kappa shape index (κ2) is 8.15. The molecule has 7 nitrogen and oxygen atoms in total. The summed E-state index contributed by atoms with van der Waals surface area (Å²) in [4.78, 5) is 27.8. The summed E-state index contributed by atoms with van der Waals surface area (Å²) in [6.07, 6.45) is -2.08. The molecule has 3 atom stereocenters. The van der Waals surface area contributed by atoms with E-state index in [0.717, 1.165) is 23.7 Å². The summed E-state index contributed by atoms with van der Waals surface area (Å²) in [5, 5.41) is 10.2. The maximum atomic E-state index is 12.6. The molecule has 1 N–H and O–H groups in total. The van der Waals surface area contributed by atoms with Gasteiger partial charge in [0.05, 0.1) is 11.7 Å². The number of likely N-dealkylation sites (tertiary alicyclic amines) is 1. The van der Waals surface area contributed by atoms with E-state index >= 15 is 0 Å². The number of carboxylic acid groups (broad SMARTS) is 1. The van der Waals surface area contributed by atoms with Gasteiger partial charge in [0.2, 0.25) is 0 Å². The van der Waals surface area contributed by atoms with Crippen LogP contribution < -0.4 is 0 Å². The van der Waals surface area contributed by atoms with Gasteiger partial charge in [-0.3, -0.25) is 4.79 Å². The van der Waals surface area contributed by atoms with E-state index < -0.39 is 12.1 Å². The number of carbonyl (C=O) groups excluding carboxylic acids is 1. The first-order valence-electron chi connectivity index (χ1n) is 8.77. The van der Waals surface area contributed by atoms with Crippen molar-refractivity contribution in [3.05, 3.63) is 39.7 Å². The molecule has 2 saturated heterocycles. The van der Waals surface area contributed by atoms with Crippen molar-refractivity contribution in [2.45, 2.75) is 38.7 Å². The van der Waals surface area contributed by atoms with Crippen molar-refractivity contribution >= 4 is 23.2 Å². The molecule has 2 aromatic heterocycles. The zero-order valence-electron chi connectivity index (χ0n) is 15.6. The standard InChI is InChI=1S/C16H18N2O3S.C2HF3O2/c1-9-5-12(10(2)20-9)16(19)18-7-11-6-13(21-14(11)8-18)15-17-3-4-22-15;3-2(4,5)1(6)7/h3-5,11,13-14H,6-8H2,1-2H3;(H,6,7)/t11-,13-,14+;/m0./s1. The highest BCUT2D eigenvalue weighted by molar-refractivity contribution is 7.09. The van der Waals surface area contributed by atoms with Gasteiger partial charge in [-0.1, -0.05) is 0 Å². The van der Waals surface area contributed by atoms with Crippen LogP contribution in [0.4, 0.5) is 13.2 Å². The molecule has 0 unspecified atom stereocenters. The fourth-order valence-corrected chi connectivity index (χ4v) is 4.18. The zero-order chi connectivity index (χ0) is 21.3. The molecule has 0 aromatic carbocycles. The Labute approximate surface area is 168 Å².